The van der Waals surface area contributed by atoms with Crippen LogP contribution in [0.15, 0.2) is 12.1 Å². The van der Waals surface area contributed by atoms with Crippen molar-refractivity contribution in [3.63, 3.8) is 0 Å². The van der Waals surface area contributed by atoms with Crippen LogP contribution in [-0.4, -0.2) is 25.3 Å². The van der Waals surface area contributed by atoms with Crippen LogP contribution in [0.1, 0.15) is 24.0 Å². The minimum Gasteiger partial charge on any atom is -0.504 e. The van der Waals surface area contributed by atoms with Gasteiger partial charge in [0.05, 0.1) is 7.11 Å². The quantitative estimate of drug-likeness (QED) is 0.844. The first kappa shape index (κ1) is 12.2. The molecule has 1 heterocycles. The van der Waals surface area contributed by atoms with Crippen LogP contribution in [0, 0.1) is 12.8 Å². The van der Waals surface area contributed by atoms with Gasteiger partial charge in [-0.1, -0.05) is 6.07 Å². The minimum absolute atomic E-state index is 0.262. The summed E-state index contributed by atoms with van der Waals surface area (Å²) in [5.41, 5.74) is 2.15. The highest BCUT2D eigenvalue weighted by Gasteiger charge is 2.15. The van der Waals surface area contributed by atoms with Crippen LogP contribution in [0.4, 0.5) is 0 Å². The van der Waals surface area contributed by atoms with Crippen molar-refractivity contribution < 1.29 is 9.84 Å². The standard InChI is InChI=1S/C14H21NO2/c1-10-6-12(8-13(17-2)14(10)16)7-11-4-3-5-15-9-11/h6,8,11,15-16H,3-5,7,9H2,1-2H3. The molecule has 1 atom stereocenters. The molecule has 0 radical (unpaired) electrons. The zero-order chi connectivity index (χ0) is 12.3. The molecule has 0 aromatic heterocycles. The highest BCUT2D eigenvalue weighted by atomic mass is 16.5. The number of methoxy groups -OCH3 is 1. The predicted molar refractivity (Wildman–Crippen MR) is 68.7 cm³/mol. The first-order chi connectivity index (χ1) is 8.20. The Morgan fingerprint density at radius 1 is 1.47 bits per heavy atom. The molecule has 0 aliphatic carbocycles. The van der Waals surface area contributed by atoms with E-state index in [2.05, 4.69) is 11.4 Å². The van der Waals surface area contributed by atoms with Crippen LogP contribution in [0.5, 0.6) is 11.5 Å². The number of nitrogens with one attached hydrogen (secondary N) is 1. The third-order valence-electron chi connectivity index (χ3n) is 3.47. The fraction of sp³-hybridized carbons (Fsp3) is 0.571. The number of phenols is 1. The van der Waals surface area contributed by atoms with Crippen LogP contribution in [0.3, 0.4) is 0 Å². The Morgan fingerprint density at radius 3 is 2.94 bits per heavy atom. The Kier molecular flexibility index (Phi) is 3.89. The molecule has 3 nitrogen and oxygen atoms in total. The van der Waals surface area contributed by atoms with Gasteiger partial charge < -0.3 is 15.2 Å². The Hall–Kier alpha value is -1.22. The fourth-order valence-corrected chi connectivity index (χ4v) is 2.52. The van der Waals surface area contributed by atoms with Gasteiger partial charge in [-0.05, 0) is 62.4 Å². The summed E-state index contributed by atoms with van der Waals surface area (Å²) in [6, 6.07) is 4.02. The molecule has 17 heavy (non-hydrogen) atoms. The van der Waals surface area contributed by atoms with Gasteiger partial charge >= 0.3 is 0 Å². The third kappa shape index (κ3) is 2.91. The van der Waals surface area contributed by atoms with Crippen molar-refractivity contribution in [3.05, 3.63) is 23.3 Å². The van der Waals surface area contributed by atoms with Gasteiger partial charge in [0.15, 0.2) is 11.5 Å². The largest absolute Gasteiger partial charge is 0.504 e. The lowest BCUT2D eigenvalue weighted by atomic mass is 9.91. The number of ether oxygens (including phenoxy) is 1. The molecule has 1 saturated heterocycles. The number of piperidine rings is 1. The van der Waals surface area contributed by atoms with E-state index in [4.69, 9.17) is 4.74 Å². The lowest BCUT2D eigenvalue weighted by Crippen LogP contribution is -2.30. The van der Waals surface area contributed by atoms with Crippen molar-refractivity contribution in [1.82, 2.24) is 5.32 Å². The molecule has 1 aromatic carbocycles. The number of hydrogen-bond donors (Lipinski definition) is 2. The van der Waals surface area contributed by atoms with Crippen LogP contribution in [0.2, 0.25) is 0 Å². The number of hydrogen-bond acceptors (Lipinski definition) is 3. The van der Waals surface area contributed by atoms with Gasteiger partial charge in [0.2, 0.25) is 0 Å². The number of aryl methyl sites for hydroxylation is 1. The minimum atomic E-state index is 0.262. The second kappa shape index (κ2) is 5.41. The zero-order valence-electron chi connectivity index (χ0n) is 10.6. The maximum Gasteiger partial charge on any atom is 0.161 e. The maximum absolute atomic E-state index is 9.79. The zero-order valence-corrected chi connectivity index (χ0v) is 10.6. The van der Waals surface area contributed by atoms with Gasteiger partial charge in [-0.25, -0.2) is 0 Å². The third-order valence-corrected chi connectivity index (χ3v) is 3.47. The average Bonchev–Trinajstić information content (AvgIpc) is 2.35. The summed E-state index contributed by atoms with van der Waals surface area (Å²) in [5.74, 6) is 1.55. The van der Waals surface area contributed by atoms with E-state index in [0.717, 1.165) is 25.1 Å². The highest BCUT2D eigenvalue weighted by molar-refractivity contribution is 5.47. The van der Waals surface area contributed by atoms with Crippen LogP contribution in [-0.2, 0) is 6.42 Å². The molecule has 0 saturated carbocycles. The Balaban J connectivity index is 2.12. The van der Waals surface area contributed by atoms with Crippen molar-refractivity contribution in [2.75, 3.05) is 20.2 Å². The summed E-state index contributed by atoms with van der Waals surface area (Å²) in [6.07, 6.45) is 3.61. The number of rotatable bonds is 3. The number of phenolic OH excluding ortho intramolecular Hbond substituents is 1. The fourth-order valence-electron chi connectivity index (χ4n) is 2.52. The van der Waals surface area contributed by atoms with Crippen LogP contribution in [0.25, 0.3) is 0 Å². The van der Waals surface area contributed by atoms with Crippen molar-refractivity contribution in [3.8, 4) is 11.5 Å². The Labute approximate surface area is 103 Å². The molecule has 2 N–H and O–H groups in total. The second-order valence-electron chi connectivity index (χ2n) is 4.88. The number of aromatic hydroxyl groups is 1. The van der Waals surface area contributed by atoms with E-state index in [9.17, 15) is 5.11 Å². The monoisotopic (exact) mass is 235 g/mol. The van der Waals surface area contributed by atoms with Gasteiger partial charge in [-0.3, -0.25) is 0 Å². The van der Waals surface area contributed by atoms with Gasteiger partial charge in [-0.2, -0.15) is 0 Å². The number of benzene rings is 1. The second-order valence-corrected chi connectivity index (χ2v) is 4.88. The maximum atomic E-state index is 9.79. The first-order valence-corrected chi connectivity index (χ1v) is 6.28. The van der Waals surface area contributed by atoms with Crippen LogP contribution < -0.4 is 10.1 Å². The molecule has 0 amide bonds. The molecule has 0 bridgehead atoms. The summed E-state index contributed by atoms with van der Waals surface area (Å²) >= 11 is 0. The summed E-state index contributed by atoms with van der Waals surface area (Å²) in [6.45, 7) is 4.16. The molecule has 1 aliphatic heterocycles. The van der Waals surface area contributed by atoms with Gasteiger partial charge in [0.1, 0.15) is 0 Å². The van der Waals surface area contributed by atoms with E-state index in [1.807, 2.05) is 13.0 Å². The summed E-state index contributed by atoms with van der Waals surface area (Å²) in [5, 5.41) is 13.2. The SMILES string of the molecule is COc1cc(CC2CCCNC2)cc(C)c1O. The van der Waals surface area contributed by atoms with Crippen molar-refractivity contribution in [2.24, 2.45) is 5.92 Å². The van der Waals surface area contributed by atoms with Crippen molar-refractivity contribution in [2.45, 2.75) is 26.2 Å². The first-order valence-electron chi connectivity index (χ1n) is 6.28. The van der Waals surface area contributed by atoms with E-state index in [0.29, 0.717) is 11.7 Å². The van der Waals surface area contributed by atoms with Crippen LogP contribution >= 0.6 is 0 Å². The highest BCUT2D eigenvalue weighted by Crippen LogP contribution is 2.32. The molecule has 1 unspecified atom stereocenters. The molecule has 2 rings (SSSR count). The van der Waals surface area contributed by atoms with E-state index in [-0.39, 0.29) is 5.75 Å². The molecule has 1 aromatic rings. The van der Waals surface area contributed by atoms with Crippen molar-refractivity contribution >= 4 is 0 Å². The van der Waals surface area contributed by atoms with Gasteiger partial charge in [0, 0.05) is 0 Å². The topological polar surface area (TPSA) is 41.5 Å². The predicted octanol–water partition coefficient (Wildman–Crippen LogP) is 2.25. The van der Waals surface area contributed by atoms with Crippen molar-refractivity contribution in [1.29, 1.82) is 0 Å². The van der Waals surface area contributed by atoms with E-state index < -0.39 is 0 Å². The normalized spacial score (nSPS) is 20.2. The summed E-state index contributed by atoms with van der Waals surface area (Å²) in [7, 11) is 1.60. The molecule has 94 valence electrons. The lowest BCUT2D eigenvalue weighted by Gasteiger charge is -2.23. The Morgan fingerprint density at radius 2 is 2.29 bits per heavy atom. The molecule has 0 spiro atoms. The van der Waals surface area contributed by atoms with E-state index in [1.54, 1.807) is 7.11 Å². The average molecular weight is 235 g/mol. The van der Waals surface area contributed by atoms with E-state index >= 15 is 0 Å². The van der Waals surface area contributed by atoms with Gasteiger partial charge in [-0.15, -0.1) is 0 Å². The molecular formula is C14H21NO2. The molecule has 3 heteroatoms. The molecule has 1 fully saturated rings. The molecular weight excluding hydrogens is 214 g/mol. The van der Waals surface area contributed by atoms with E-state index in [1.165, 1.54) is 18.4 Å². The van der Waals surface area contributed by atoms with Gasteiger partial charge in [0.25, 0.3) is 0 Å². The smallest absolute Gasteiger partial charge is 0.161 e. The molecule has 1 aliphatic rings. The Bertz CT molecular complexity index is 384. The summed E-state index contributed by atoms with van der Waals surface area (Å²) < 4.78 is 5.19. The lowest BCUT2D eigenvalue weighted by molar-refractivity contribution is 0.364. The summed E-state index contributed by atoms with van der Waals surface area (Å²) in [4.78, 5) is 0.